The van der Waals surface area contributed by atoms with Crippen molar-refractivity contribution in [1.29, 1.82) is 0 Å². The molecule has 0 saturated carbocycles. The van der Waals surface area contributed by atoms with Crippen LogP contribution in [-0.2, 0) is 26.6 Å². The van der Waals surface area contributed by atoms with Crippen LogP contribution in [0.2, 0.25) is 0 Å². The lowest BCUT2D eigenvalue weighted by atomic mass is 10.1. The minimum atomic E-state index is -4.94. The van der Waals surface area contributed by atoms with Crippen molar-refractivity contribution >= 4 is 20.8 Å². The van der Waals surface area contributed by atoms with Crippen LogP contribution >= 0.6 is 0 Å². The van der Waals surface area contributed by atoms with Crippen LogP contribution in [-0.4, -0.2) is 36.2 Å². The summed E-state index contributed by atoms with van der Waals surface area (Å²) in [5, 5.41) is 18.8. The Morgan fingerprint density at radius 1 is 0.955 bits per heavy atom. The molecule has 1 aromatic rings. The first-order valence-electron chi connectivity index (χ1n) is 4.71. The Morgan fingerprint density at radius 3 is 1.77 bits per heavy atom. The van der Waals surface area contributed by atoms with Crippen LogP contribution in [0.3, 0.4) is 0 Å². The standard InChI is InChI=1S/C8H10O10S2.2H3N/c1-8(9,10)6-4-5(17-19(11,12)13)2-3-7(6)18-20(14,15)16;;/h2-4,9-10H,1H3,(H,11,12,13)(H,14,15,16);2*1H3. The molecule has 1 aromatic carbocycles. The Bertz CT molecular complexity index is 707. The lowest BCUT2D eigenvalue weighted by molar-refractivity contribution is -0.153. The molecule has 0 aliphatic rings. The van der Waals surface area contributed by atoms with E-state index >= 15 is 0 Å². The molecule has 0 radical (unpaired) electrons. The third-order valence-corrected chi connectivity index (χ3v) is 2.65. The van der Waals surface area contributed by atoms with Gasteiger partial charge >= 0.3 is 20.8 Å². The molecule has 0 unspecified atom stereocenters. The Kier molecular flexibility index (Phi) is 7.41. The molecule has 0 aliphatic carbocycles. The van der Waals surface area contributed by atoms with Crippen LogP contribution in [0.5, 0.6) is 11.5 Å². The molecular formula is C8H16N2O10S2. The summed E-state index contributed by atoms with van der Waals surface area (Å²) < 4.78 is 67.4. The number of rotatable bonds is 5. The highest BCUT2D eigenvalue weighted by atomic mass is 32.3. The maximum Gasteiger partial charge on any atom is 0.446 e. The second-order valence-corrected chi connectivity index (χ2v) is 5.75. The molecule has 0 aliphatic heterocycles. The van der Waals surface area contributed by atoms with Gasteiger partial charge in [-0.15, -0.1) is 0 Å². The topological polar surface area (TPSA) is 238 Å². The predicted octanol–water partition coefficient (Wildman–Crippen LogP) is -0.469. The molecule has 0 aromatic heterocycles. The van der Waals surface area contributed by atoms with E-state index in [0.29, 0.717) is 6.07 Å². The second kappa shape index (κ2) is 7.16. The molecule has 1 rings (SSSR count). The fraction of sp³-hybridized carbons (Fsp3) is 0.250. The van der Waals surface area contributed by atoms with E-state index in [0.717, 1.165) is 19.1 Å². The third kappa shape index (κ3) is 7.48. The van der Waals surface area contributed by atoms with Crippen LogP contribution < -0.4 is 20.7 Å². The normalized spacial score (nSPS) is 11.9. The number of hydrogen-bond acceptors (Lipinski definition) is 10. The lowest BCUT2D eigenvalue weighted by Crippen LogP contribution is -2.22. The van der Waals surface area contributed by atoms with Gasteiger partial charge in [0.1, 0.15) is 5.75 Å². The summed E-state index contributed by atoms with van der Waals surface area (Å²) in [6.07, 6.45) is 0. The minimum Gasteiger partial charge on any atom is -0.362 e. The zero-order valence-electron chi connectivity index (χ0n) is 11.2. The number of hydrogen-bond donors (Lipinski definition) is 6. The van der Waals surface area contributed by atoms with Gasteiger partial charge in [0.2, 0.25) is 0 Å². The molecule has 130 valence electrons. The van der Waals surface area contributed by atoms with E-state index in [1.165, 1.54) is 0 Å². The first-order chi connectivity index (χ1) is 8.78. The Labute approximate surface area is 126 Å². The van der Waals surface area contributed by atoms with Crippen LogP contribution in [0.15, 0.2) is 18.2 Å². The lowest BCUT2D eigenvalue weighted by Gasteiger charge is -2.19. The summed E-state index contributed by atoms with van der Waals surface area (Å²) in [5.41, 5.74) is -0.628. The average Bonchev–Trinajstić information content (AvgIpc) is 2.14. The summed E-state index contributed by atoms with van der Waals surface area (Å²) in [6.45, 7) is 0.816. The van der Waals surface area contributed by atoms with Crippen molar-refractivity contribution < 1.29 is 44.5 Å². The van der Waals surface area contributed by atoms with Gasteiger partial charge in [-0.25, -0.2) is 0 Å². The summed E-state index contributed by atoms with van der Waals surface area (Å²) in [7, 11) is -9.80. The van der Waals surface area contributed by atoms with Gasteiger partial charge in [-0.1, -0.05) is 0 Å². The largest absolute Gasteiger partial charge is 0.446 e. The number of benzene rings is 1. The van der Waals surface area contributed by atoms with E-state index in [-0.39, 0.29) is 12.3 Å². The summed E-state index contributed by atoms with van der Waals surface area (Å²) >= 11 is 0. The summed E-state index contributed by atoms with van der Waals surface area (Å²) in [5.74, 6) is -3.86. The smallest absolute Gasteiger partial charge is 0.362 e. The van der Waals surface area contributed by atoms with Crippen molar-refractivity contribution in [3.63, 3.8) is 0 Å². The van der Waals surface area contributed by atoms with Crippen LogP contribution in [0, 0.1) is 0 Å². The second-order valence-electron chi connectivity index (χ2n) is 3.70. The van der Waals surface area contributed by atoms with Gasteiger partial charge in [0.05, 0.1) is 5.56 Å². The van der Waals surface area contributed by atoms with Gasteiger partial charge < -0.3 is 30.9 Å². The molecule has 0 spiro atoms. The maximum absolute atomic E-state index is 10.6. The molecule has 0 heterocycles. The molecule has 10 N–H and O–H groups in total. The van der Waals surface area contributed by atoms with Crippen LogP contribution in [0.25, 0.3) is 0 Å². The quantitative estimate of drug-likeness (QED) is 0.287. The fourth-order valence-corrected chi connectivity index (χ4v) is 1.96. The highest BCUT2D eigenvalue weighted by Crippen LogP contribution is 2.32. The monoisotopic (exact) mass is 364 g/mol. The van der Waals surface area contributed by atoms with E-state index in [1.807, 2.05) is 0 Å². The summed E-state index contributed by atoms with van der Waals surface area (Å²) in [4.78, 5) is 0. The number of aliphatic hydroxyl groups is 2. The van der Waals surface area contributed by atoms with E-state index < -0.39 is 43.6 Å². The Morgan fingerprint density at radius 2 is 1.41 bits per heavy atom. The van der Waals surface area contributed by atoms with E-state index in [1.54, 1.807) is 0 Å². The van der Waals surface area contributed by atoms with E-state index in [9.17, 15) is 27.0 Å². The molecule has 0 bridgehead atoms. The molecule has 12 nitrogen and oxygen atoms in total. The van der Waals surface area contributed by atoms with Crippen molar-refractivity contribution in [2.24, 2.45) is 0 Å². The van der Waals surface area contributed by atoms with E-state index in [2.05, 4.69) is 8.37 Å². The fourth-order valence-electron chi connectivity index (χ4n) is 1.24. The Hall–Kier alpha value is -1.52. The first kappa shape index (κ1) is 22.8. The third-order valence-electron chi connectivity index (χ3n) is 1.86. The van der Waals surface area contributed by atoms with Gasteiger partial charge in [-0.05, 0) is 25.1 Å². The van der Waals surface area contributed by atoms with Gasteiger partial charge in [0.25, 0.3) is 0 Å². The molecule has 0 amide bonds. The molecule has 0 fully saturated rings. The summed E-state index contributed by atoms with van der Waals surface area (Å²) in [6, 6.07) is 2.33. The highest BCUT2D eigenvalue weighted by Gasteiger charge is 2.27. The zero-order valence-corrected chi connectivity index (χ0v) is 12.8. The van der Waals surface area contributed by atoms with Crippen LogP contribution in [0.4, 0.5) is 0 Å². The molecular weight excluding hydrogens is 348 g/mol. The van der Waals surface area contributed by atoms with Crippen molar-refractivity contribution in [2.45, 2.75) is 12.7 Å². The molecule has 22 heavy (non-hydrogen) atoms. The van der Waals surface area contributed by atoms with Gasteiger partial charge in [-0.2, -0.15) is 16.8 Å². The van der Waals surface area contributed by atoms with Crippen molar-refractivity contribution in [1.82, 2.24) is 12.3 Å². The van der Waals surface area contributed by atoms with E-state index in [4.69, 9.17) is 9.11 Å². The zero-order chi connectivity index (χ0) is 15.8. The first-order valence-corrected chi connectivity index (χ1v) is 7.44. The van der Waals surface area contributed by atoms with Crippen molar-refractivity contribution in [3.05, 3.63) is 23.8 Å². The van der Waals surface area contributed by atoms with Crippen molar-refractivity contribution in [2.75, 3.05) is 0 Å². The van der Waals surface area contributed by atoms with Gasteiger partial charge in [0.15, 0.2) is 11.5 Å². The van der Waals surface area contributed by atoms with Gasteiger partial charge in [-0.3, -0.25) is 9.11 Å². The van der Waals surface area contributed by atoms with Crippen molar-refractivity contribution in [3.8, 4) is 11.5 Å². The molecule has 0 saturated heterocycles. The predicted molar refractivity (Wildman–Crippen MR) is 72.6 cm³/mol. The molecule has 0 atom stereocenters. The average molecular weight is 364 g/mol. The van der Waals surface area contributed by atoms with Gasteiger partial charge in [0, 0.05) is 0 Å². The highest BCUT2D eigenvalue weighted by molar-refractivity contribution is 7.81. The SMILES string of the molecule is CC(O)(O)c1cc(OS(=O)(=O)O)ccc1OS(=O)(=O)O.N.N. The Balaban J connectivity index is 0. The minimum absolute atomic E-state index is 0. The van der Waals surface area contributed by atoms with Crippen LogP contribution in [0.1, 0.15) is 12.5 Å². The molecule has 14 heteroatoms. The maximum atomic E-state index is 10.6.